The lowest BCUT2D eigenvalue weighted by atomic mass is 9.98. The summed E-state index contributed by atoms with van der Waals surface area (Å²) >= 11 is 6.05. The van der Waals surface area contributed by atoms with Crippen LogP contribution in [0, 0.1) is 6.92 Å². The number of carbonyl (C=O) groups excluding carboxylic acids is 1. The molecule has 0 aliphatic carbocycles. The molecule has 0 saturated carbocycles. The Hall–Kier alpha value is -1.06. The molecule has 17 heavy (non-hydrogen) atoms. The van der Waals surface area contributed by atoms with Gasteiger partial charge < -0.3 is 10.1 Å². The SMILES string of the molecule is COc1cc(C)c(C(=O)C2CCCN2)cc1Cl. The average molecular weight is 254 g/mol. The molecule has 2 rings (SSSR count). The molecule has 1 aromatic carbocycles. The van der Waals surface area contributed by atoms with Crippen LogP contribution in [0.25, 0.3) is 0 Å². The van der Waals surface area contributed by atoms with Crippen molar-refractivity contribution in [2.45, 2.75) is 25.8 Å². The van der Waals surface area contributed by atoms with Crippen LogP contribution in [0.5, 0.6) is 5.75 Å². The number of nitrogens with one attached hydrogen (secondary N) is 1. The van der Waals surface area contributed by atoms with Crippen LogP contribution in [-0.4, -0.2) is 25.5 Å². The summed E-state index contributed by atoms with van der Waals surface area (Å²) in [7, 11) is 1.57. The van der Waals surface area contributed by atoms with Crippen LogP contribution in [0.2, 0.25) is 5.02 Å². The highest BCUT2D eigenvalue weighted by molar-refractivity contribution is 6.32. The van der Waals surface area contributed by atoms with Gasteiger partial charge in [0.1, 0.15) is 5.75 Å². The minimum absolute atomic E-state index is 0.0573. The minimum atomic E-state index is -0.0573. The van der Waals surface area contributed by atoms with E-state index in [1.165, 1.54) is 0 Å². The van der Waals surface area contributed by atoms with Gasteiger partial charge in [-0.3, -0.25) is 4.79 Å². The average Bonchev–Trinajstić information content (AvgIpc) is 2.84. The summed E-state index contributed by atoms with van der Waals surface area (Å²) in [4.78, 5) is 12.3. The molecule has 1 aromatic rings. The lowest BCUT2D eigenvalue weighted by Gasteiger charge is -2.13. The molecule has 1 saturated heterocycles. The maximum absolute atomic E-state index is 12.3. The van der Waals surface area contributed by atoms with Gasteiger partial charge in [0, 0.05) is 5.56 Å². The van der Waals surface area contributed by atoms with Crippen LogP contribution in [0.3, 0.4) is 0 Å². The first-order chi connectivity index (χ1) is 8.13. The first-order valence-corrected chi connectivity index (χ1v) is 6.13. The molecule has 1 aliphatic heterocycles. The van der Waals surface area contributed by atoms with E-state index < -0.39 is 0 Å². The van der Waals surface area contributed by atoms with Gasteiger partial charge >= 0.3 is 0 Å². The maximum Gasteiger partial charge on any atom is 0.180 e. The van der Waals surface area contributed by atoms with E-state index in [9.17, 15) is 4.79 Å². The predicted octanol–water partition coefficient (Wildman–Crippen LogP) is 2.59. The van der Waals surface area contributed by atoms with Crippen molar-refractivity contribution >= 4 is 17.4 Å². The molecule has 3 nitrogen and oxygen atoms in total. The van der Waals surface area contributed by atoms with Crippen molar-refractivity contribution in [3.05, 3.63) is 28.3 Å². The summed E-state index contributed by atoms with van der Waals surface area (Å²) < 4.78 is 5.13. The summed E-state index contributed by atoms with van der Waals surface area (Å²) in [5.74, 6) is 0.740. The van der Waals surface area contributed by atoms with Crippen LogP contribution in [0.15, 0.2) is 12.1 Å². The van der Waals surface area contributed by atoms with Gasteiger partial charge in [-0.2, -0.15) is 0 Å². The van der Waals surface area contributed by atoms with Crippen molar-refractivity contribution in [2.75, 3.05) is 13.7 Å². The Morgan fingerprint density at radius 3 is 2.88 bits per heavy atom. The highest BCUT2D eigenvalue weighted by Crippen LogP contribution is 2.29. The lowest BCUT2D eigenvalue weighted by Crippen LogP contribution is -2.31. The third-order valence-electron chi connectivity index (χ3n) is 3.14. The van der Waals surface area contributed by atoms with Crippen molar-refractivity contribution in [1.82, 2.24) is 5.32 Å². The molecule has 92 valence electrons. The van der Waals surface area contributed by atoms with Gasteiger partial charge in [0.25, 0.3) is 0 Å². The fourth-order valence-corrected chi connectivity index (χ4v) is 2.41. The van der Waals surface area contributed by atoms with Crippen molar-refractivity contribution in [3.8, 4) is 5.75 Å². The number of hydrogen-bond donors (Lipinski definition) is 1. The number of carbonyl (C=O) groups is 1. The van der Waals surface area contributed by atoms with Crippen LogP contribution >= 0.6 is 11.6 Å². The zero-order valence-corrected chi connectivity index (χ0v) is 10.8. The van der Waals surface area contributed by atoms with E-state index in [2.05, 4.69) is 5.32 Å². The molecule has 0 radical (unpaired) electrons. The number of methoxy groups -OCH3 is 1. The molecular weight excluding hydrogens is 238 g/mol. The molecule has 0 amide bonds. The minimum Gasteiger partial charge on any atom is -0.495 e. The topological polar surface area (TPSA) is 38.3 Å². The van der Waals surface area contributed by atoms with E-state index in [-0.39, 0.29) is 11.8 Å². The van der Waals surface area contributed by atoms with E-state index in [0.717, 1.165) is 24.9 Å². The number of Topliss-reactive ketones (excluding diaryl/α,β-unsaturated/α-hetero) is 1. The third kappa shape index (κ3) is 2.45. The molecule has 0 bridgehead atoms. The molecular formula is C13H16ClNO2. The van der Waals surface area contributed by atoms with Crippen molar-refractivity contribution < 1.29 is 9.53 Å². The van der Waals surface area contributed by atoms with Gasteiger partial charge in [0.15, 0.2) is 5.78 Å². The number of ketones is 1. The second-order valence-corrected chi connectivity index (χ2v) is 4.72. The van der Waals surface area contributed by atoms with Crippen LogP contribution in [0.4, 0.5) is 0 Å². The fraction of sp³-hybridized carbons (Fsp3) is 0.462. The van der Waals surface area contributed by atoms with Gasteiger partial charge in [0.2, 0.25) is 0 Å². The van der Waals surface area contributed by atoms with Gasteiger partial charge in [-0.05, 0) is 44.0 Å². The van der Waals surface area contributed by atoms with Crippen molar-refractivity contribution in [2.24, 2.45) is 0 Å². The van der Waals surface area contributed by atoms with Gasteiger partial charge in [-0.15, -0.1) is 0 Å². The lowest BCUT2D eigenvalue weighted by molar-refractivity contribution is 0.0951. The smallest absolute Gasteiger partial charge is 0.180 e. The fourth-order valence-electron chi connectivity index (χ4n) is 2.17. The summed E-state index contributed by atoms with van der Waals surface area (Å²) in [6, 6.07) is 3.46. The molecule has 0 spiro atoms. The number of hydrogen-bond acceptors (Lipinski definition) is 3. The van der Waals surface area contributed by atoms with Gasteiger partial charge in [-0.25, -0.2) is 0 Å². The zero-order valence-electron chi connectivity index (χ0n) is 10.0. The molecule has 1 atom stereocenters. The number of rotatable bonds is 3. The van der Waals surface area contributed by atoms with Crippen molar-refractivity contribution in [1.29, 1.82) is 0 Å². The number of ether oxygens (including phenoxy) is 1. The first-order valence-electron chi connectivity index (χ1n) is 5.75. The summed E-state index contributed by atoms with van der Waals surface area (Å²) in [5.41, 5.74) is 1.60. The Morgan fingerprint density at radius 1 is 1.53 bits per heavy atom. The highest BCUT2D eigenvalue weighted by Gasteiger charge is 2.25. The van der Waals surface area contributed by atoms with E-state index in [4.69, 9.17) is 16.3 Å². The molecule has 0 aromatic heterocycles. The van der Waals surface area contributed by atoms with E-state index in [1.54, 1.807) is 13.2 Å². The van der Waals surface area contributed by atoms with E-state index in [1.807, 2.05) is 13.0 Å². The van der Waals surface area contributed by atoms with Crippen LogP contribution in [-0.2, 0) is 0 Å². The number of halogens is 1. The normalized spacial score (nSPS) is 19.4. The predicted molar refractivity (Wildman–Crippen MR) is 68.1 cm³/mol. The number of aryl methyl sites for hydroxylation is 1. The monoisotopic (exact) mass is 253 g/mol. The quantitative estimate of drug-likeness (QED) is 0.842. The molecule has 1 unspecified atom stereocenters. The van der Waals surface area contributed by atoms with Crippen molar-refractivity contribution in [3.63, 3.8) is 0 Å². The van der Waals surface area contributed by atoms with E-state index >= 15 is 0 Å². The Balaban J connectivity index is 2.31. The summed E-state index contributed by atoms with van der Waals surface area (Å²) in [6.07, 6.45) is 1.96. The summed E-state index contributed by atoms with van der Waals surface area (Å²) in [5, 5.41) is 3.69. The highest BCUT2D eigenvalue weighted by atomic mass is 35.5. The zero-order chi connectivity index (χ0) is 12.4. The van der Waals surface area contributed by atoms with E-state index in [0.29, 0.717) is 16.3 Å². The standard InChI is InChI=1S/C13H16ClNO2/c1-8-6-12(17-2)10(14)7-9(8)13(16)11-4-3-5-15-11/h6-7,11,15H,3-5H2,1-2H3. The Morgan fingerprint density at radius 2 is 2.29 bits per heavy atom. The molecule has 1 N–H and O–H groups in total. The Kier molecular flexibility index (Phi) is 3.69. The molecule has 1 heterocycles. The van der Waals surface area contributed by atoms with Gasteiger partial charge in [0.05, 0.1) is 18.2 Å². The van der Waals surface area contributed by atoms with Crippen LogP contribution < -0.4 is 10.1 Å². The maximum atomic E-state index is 12.3. The first kappa shape index (κ1) is 12.4. The Labute approximate surface area is 106 Å². The second kappa shape index (κ2) is 5.07. The van der Waals surface area contributed by atoms with Crippen LogP contribution in [0.1, 0.15) is 28.8 Å². The number of benzene rings is 1. The third-order valence-corrected chi connectivity index (χ3v) is 3.44. The molecule has 4 heteroatoms. The second-order valence-electron chi connectivity index (χ2n) is 4.31. The largest absolute Gasteiger partial charge is 0.495 e. The molecule has 1 fully saturated rings. The molecule has 1 aliphatic rings. The van der Waals surface area contributed by atoms with Gasteiger partial charge in [-0.1, -0.05) is 11.6 Å². The Bertz CT molecular complexity index is 439. The summed E-state index contributed by atoms with van der Waals surface area (Å²) in [6.45, 7) is 2.82.